The molecule has 0 atom stereocenters. The molecule has 2 aromatic carbocycles. The topological polar surface area (TPSA) is 97.6 Å². The summed E-state index contributed by atoms with van der Waals surface area (Å²) in [6, 6.07) is 12.9. The van der Waals surface area contributed by atoms with Crippen LogP contribution in [0.15, 0.2) is 53.9 Å². The Morgan fingerprint density at radius 2 is 1.79 bits per heavy atom. The molecule has 0 unspecified atom stereocenters. The van der Waals surface area contributed by atoms with Gasteiger partial charge < -0.3 is 15.0 Å². The molecule has 1 aromatic heterocycles. The molecule has 0 saturated carbocycles. The van der Waals surface area contributed by atoms with Crippen molar-refractivity contribution in [3.05, 3.63) is 69.6 Å². The first-order chi connectivity index (χ1) is 14.1. The number of nitro groups is 1. The Morgan fingerprint density at radius 1 is 1.10 bits per heavy atom. The number of rotatable bonds is 5. The van der Waals surface area contributed by atoms with Gasteiger partial charge in [0.2, 0.25) is 0 Å². The summed E-state index contributed by atoms with van der Waals surface area (Å²) in [6.07, 6.45) is 0. The van der Waals surface area contributed by atoms with E-state index in [0.717, 1.165) is 42.7 Å². The molecule has 9 heteroatoms. The Labute approximate surface area is 170 Å². The van der Waals surface area contributed by atoms with Crippen molar-refractivity contribution in [3.8, 4) is 11.3 Å². The Bertz CT molecular complexity index is 1010. The van der Waals surface area contributed by atoms with Crippen LogP contribution in [0.3, 0.4) is 0 Å². The number of nitro benzene ring substituents is 1. The summed E-state index contributed by atoms with van der Waals surface area (Å²) in [5.41, 5.74) is 2.81. The summed E-state index contributed by atoms with van der Waals surface area (Å²) < 4.78 is 5.38. The number of hydrogen-bond donors (Lipinski definition) is 1. The number of thiazole rings is 1. The molecular weight excluding hydrogens is 392 g/mol. The minimum atomic E-state index is -0.497. The molecular formula is C20H18N4O4S. The van der Waals surface area contributed by atoms with Gasteiger partial charge in [0.25, 0.3) is 11.6 Å². The third-order valence-corrected chi connectivity index (χ3v) is 5.45. The maximum atomic E-state index is 12.3. The lowest BCUT2D eigenvalue weighted by Crippen LogP contribution is -2.36. The number of morpholine rings is 1. The van der Waals surface area contributed by atoms with Gasteiger partial charge in [-0.25, -0.2) is 4.98 Å². The molecule has 2 heterocycles. The highest BCUT2D eigenvalue weighted by Gasteiger charge is 2.15. The van der Waals surface area contributed by atoms with Crippen LogP contribution < -0.4 is 10.2 Å². The Balaban J connectivity index is 1.42. The van der Waals surface area contributed by atoms with Crippen molar-refractivity contribution in [3.63, 3.8) is 0 Å². The zero-order chi connectivity index (χ0) is 20.2. The molecule has 29 heavy (non-hydrogen) atoms. The molecule has 3 aromatic rings. The molecule has 0 radical (unpaired) electrons. The van der Waals surface area contributed by atoms with Gasteiger partial charge in [-0.3, -0.25) is 14.9 Å². The second-order valence-electron chi connectivity index (χ2n) is 6.45. The highest BCUT2D eigenvalue weighted by Crippen LogP contribution is 2.28. The fourth-order valence-electron chi connectivity index (χ4n) is 2.96. The lowest BCUT2D eigenvalue weighted by atomic mass is 10.1. The molecule has 1 amide bonds. The lowest BCUT2D eigenvalue weighted by molar-refractivity contribution is -0.384. The van der Waals surface area contributed by atoms with E-state index in [-0.39, 0.29) is 11.6 Å². The Morgan fingerprint density at radius 3 is 2.45 bits per heavy atom. The monoisotopic (exact) mass is 410 g/mol. The van der Waals surface area contributed by atoms with E-state index in [1.165, 1.54) is 24.3 Å². The van der Waals surface area contributed by atoms with Gasteiger partial charge in [-0.15, -0.1) is 11.3 Å². The number of amides is 1. The van der Waals surface area contributed by atoms with E-state index >= 15 is 0 Å². The smallest absolute Gasteiger partial charge is 0.269 e. The number of carbonyl (C=O) groups is 1. The SMILES string of the molecule is O=C(Nc1ccc(-c2csc(N3CCOCC3)n2)cc1)c1ccc([N+](=O)[O-])cc1. The highest BCUT2D eigenvalue weighted by molar-refractivity contribution is 7.14. The van der Waals surface area contributed by atoms with Gasteiger partial charge in [-0.05, 0) is 24.3 Å². The van der Waals surface area contributed by atoms with Crippen LogP contribution in [0, 0.1) is 10.1 Å². The van der Waals surface area contributed by atoms with E-state index in [1.807, 2.05) is 29.6 Å². The van der Waals surface area contributed by atoms with Gasteiger partial charge in [-0.1, -0.05) is 12.1 Å². The highest BCUT2D eigenvalue weighted by atomic mass is 32.1. The van der Waals surface area contributed by atoms with Gasteiger partial charge in [0, 0.05) is 47.4 Å². The summed E-state index contributed by atoms with van der Waals surface area (Å²) in [5, 5.41) is 16.5. The number of benzene rings is 2. The van der Waals surface area contributed by atoms with Gasteiger partial charge in [0.1, 0.15) is 0 Å². The predicted molar refractivity (Wildman–Crippen MR) is 112 cm³/mol. The summed E-state index contributed by atoms with van der Waals surface area (Å²) in [6.45, 7) is 3.14. The third kappa shape index (κ3) is 4.41. The predicted octanol–water partition coefficient (Wildman–Crippen LogP) is 3.81. The number of carbonyl (C=O) groups excluding carboxylic acids is 1. The molecule has 1 aliphatic rings. The molecule has 0 spiro atoms. The van der Waals surface area contributed by atoms with E-state index in [4.69, 9.17) is 9.72 Å². The largest absolute Gasteiger partial charge is 0.378 e. The third-order valence-electron chi connectivity index (χ3n) is 4.55. The molecule has 0 aliphatic carbocycles. The van der Waals surface area contributed by atoms with Crippen molar-refractivity contribution in [2.45, 2.75) is 0 Å². The van der Waals surface area contributed by atoms with Crippen LogP contribution in [0.1, 0.15) is 10.4 Å². The fraction of sp³-hybridized carbons (Fsp3) is 0.200. The molecule has 4 rings (SSSR count). The molecule has 148 valence electrons. The number of non-ortho nitro benzene ring substituents is 1. The van der Waals surface area contributed by atoms with Crippen molar-refractivity contribution in [1.29, 1.82) is 0 Å². The second-order valence-corrected chi connectivity index (χ2v) is 7.29. The van der Waals surface area contributed by atoms with Crippen LogP contribution in [0.25, 0.3) is 11.3 Å². The van der Waals surface area contributed by atoms with Crippen LogP contribution in [-0.2, 0) is 4.74 Å². The van der Waals surface area contributed by atoms with E-state index in [0.29, 0.717) is 11.3 Å². The standard InChI is InChI=1S/C20H18N4O4S/c25-19(15-3-7-17(8-4-15)24(26)27)21-16-5-1-14(2-6-16)18-13-29-20(22-18)23-9-11-28-12-10-23/h1-8,13H,9-12H2,(H,21,25). The molecule has 1 saturated heterocycles. The zero-order valence-electron chi connectivity index (χ0n) is 15.4. The molecule has 1 aliphatic heterocycles. The van der Waals surface area contributed by atoms with E-state index in [9.17, 15) is 14.9 Å². The van der Waals surface area contributed by atoms with Crippen LogP contribution in [-0.4, -0.2) is 42.1 Å². The molecule has 1 fully saturated rings. The van der Waals surface area contributed by atoms with Crippen molar-refractivity contribution < 1.29 is 14.5 Å². The van der Waals surface area contributed by atoms with Crippen molar-refractivity contribution in [2.24, 2.45) is 0 Å². The molecule has 8 nitrogen and oxygen atoms in total. The fourth-order valence-corrected chi connectivity index (χ4v) is 3.85. The average Bonchev–Trinajstić information content (AvgIpc) is 3.25. The van der Waals surface area contributed by atoms with Gasteiger partial charge in [0.15, 0.2) is 5.13 Å². The van der Waals surface area contributed by atoms with Crippen molar-refractivity contribution in [2.75, 3.05) is 36.5 Å². The quantitative estimate of drug-likeness (QED) is 0.507. The maximum absolute atomic E-state index is 12.3. The van der Waals surface area contributed by atoms with E-state index in [1.54, 1.807) is 11.3 Å². The molecule has 0 bridgehead atoms. The van der Waals surface area contributed by atoms with Crippen LogP contribution in [0.2, 0.25) is 0 Å². The van der Waals surface area contributed by atoms with Crippen molar-refractivity contribution >= 4 is 33.8 Å². The Kier molecular flexibility index (Phi) is 5.50. The average molecular weight is 410 g/mol. The van der Waals surface area contributed by atoms with Gasteiger partial charge in [0.05, 0.1) is 23.8 Å². The number of nitrogens with zero attached hydrogens (tertiary/aromatic N) is 3. The lowest BCUT2D eigenvalue weighted by Gasteiger charge is -2.26. The minimum Gasteiger partial charge on any atom is -0.378 e. The number of ether oxygens (including phenoxy) is 1. The number of hydrogen-bond acceptors (Lipinski definition) is 7. The normalized spacial score (nSPS) is 13.9. The second kappa shape index (κ2) is 8.38. The summed E-state index contributed by atoms with van der Waals surface area (Å²) >= 11 is 1.61. The summed E-state index contributed by atoms with van der Waals surface area (Å²) in [5.74, 6) is -0.323. The van der Waals surface area contributed by atoms with Gasteiger partial charge in [-0.2, -0.15) is 0 Å². The van der Waals surface area contributed by atoms with Gasteiger partial charge >= 0.3 is 0 Å². The van der Waals surface area contributed by atoms with Crippen LogP contribution >= 0.6 is 11.3 Å². The Hall–Kier alpha value is -3.30. The summed E-state index contributed by atoms with van der Waals surface area (Å²) in [4.78, 5) is 29.5. The number of anilines is 2. The zero-order valence-corrected chi connectivity index (χ0v) is 16.2. The number of nitrogens with one attached hydrogen (secondary N) is 1. The van der Waals surface area contributed by atoms with Crippen LogP contribution in [0.4, 0.5) is 16.5 Å². The van der Waals surface area contributed by atoms with E-state index in [2.05, 4.69) is 10.2 Å². The first kappa shape index (κ1) is 19.0. The summed E-state index contributed by atoms with van der Waals surface area (Å²) in [7, 11) is 0. The van der Waals surface area contributed by atoms with E-state index < -0.39 is 4.92 Å². The number of aromatic nitrogens is 1. The first-order valence-electron chi connectivity index (χ1n) is 9.04. The minimum absolute atomic E-state index is 0.0504. The first-order valence-corrected chi connectivity index (χ1v) is 9.92. The van der Waals surface area contributed by atoms with Crippen LogP contribution in [0.5, 0.6) is 0 Å². The maximum Gasteiger partial charge on any atom is 0.269 e. The van der Waals surface area contributed by atoms with Crippen molar-refractivity contribution in [1.82, 2.24) is 4.98 Å². The molecule has 1 N–H and O–H groups in total.